The Bertz CT molecular complexity index is 745. The van der Waals surface area contributed by atoms with Crippen molar-refractivity contribution in [3.8, 4) is 5.75 Å². The third-order valence-corrected chi connectivity index (χ3v) is 5.79. The molecule has 0 amide bonds. The lowest BCUT2D eigenvalue weighted by Gasteiger charge is -2.20. The molecule has 0 radical (unpaired) electrons. The van der Waals surface area contributed by atoms with Crippen molar-refractivity contribution in [3.05, 3.63) is 65.7 Å². The lowest BCUT2D eigenvalue weighted by molar-refractivity contribution is -0.143. The van der Waals surface area contributed by atoms with Crippen LogP contribution in [0.2, 0.25) is 0 Å². The van der Waals surface area contributed by atoms with Gasteiger partial charge in [-0.3, -0.25) is 4.79 Å². The molecule has 4 heteroatoms. The van der Waals surface area contributed by atoms with E-state index in [9.17, 15) is 4.79 Å². The Kier molecular flexibility index (Phi) is 12.5. The summed E-state index contributed by atoms with van der Waals surface area (Å²) in [5.41, 5.74) is 2.32. The first-order valence-corrected chi connectivity index (χ1v) is 12.2. The fourth-order valence-electron chi connectivity index (χ4n) is 3.89. The zero-order valence-electron chi connectivity index (χ0n) is 20.1. The molecule has 32 heavy (non-hydrogen) atoms. The van der Waals surface area contributed by atoms with E-state index in [1.165, 1.54) is 24.8 Å². The molecule has 2 aromatic rings. The average molecular weight is 440 g/mol. The van der Waals surface area contributed by atoms with E-state index < -0.39 is 0 Å². The molecule has 0 aliphatic rings. The van der Waals surface area contributed by atoms with Gasteiger partial charge in [0.15, 0.2) is 0 Å². The Morgan fingerprint density at radius 1 is 0.969 bits per heavy atom. The summed E-state index contributed by atoms with van der Waals surface area (Å²) in [6.07, 6.45) is 7.91. The molecule has 2 aromatic carbocycles. The molecule has 0 heterocycles. The smallest absolute Gasteiger partial charge is 0.305 e. The van der Waals surface area contributed by atoms with Crippen molar-refractivity contribution in [3.63, 3.8) is 0 Å². The topological polar surface area (TPSA) is 47.6 Å². The first-order valence-electron chi connectivity index (χ1n) is 12.2. The summed E-state index contributed by atoms with van der Waals surface area (Å²) < 4.78 is 11.7. The highest BCUT2D eigenvalue weighted by molar-refractivity contribution is 5.69. The molecule has 0 aromatic heterocycles. The molecule has 2 rings (SSSR count). The van der Waals surface area contributed by atoms with Crippen molar-refractivity contribution >= 4 is 5.97 Å². The van der Waals surface area contributed by atoms with Crippen LogP contribution in [0.15, 0.2) is 54.6 Å². The second-order valence-corrected chi connectivity index (χ2v) is 8.66. The van der Waals surface area contributed by atoms with Crippen molar-refractivity contribution in [2.45, 2.75) is 71.3 Å². The van der Waals surface area contributed by atoms with Crippen LogP contribution < -0.4 is 10.1 Å². The van der Waals surface area contributed by atoms with E-state index in [-0.39, 0.29) is 12.1 Å². The Morgan fingerprint density at radius 3 is 2.41 bits per heavy atom. The number of carbonyl (C=O) groups is 1. The number of esters is 1. The second kappa shape index (κ2) is 15.5. The van der Waals surface area contributed by atoms with E-state index in [0.717, 1.165) is 49.5 Å². The molecule has 0 saturated carbocycles. The Morgan fingerprint density at radius 2 is 1.72 bits per heavy atom. The zero-order chi connectivity index (χ0) is 23.0. The number of ether oxygens (including phenoxy) is 2. The number of rotatable bonds is 16. The van der Waals surface area contributed by atoms with Gasteiger partial charge in [-0.25, -0.2) is 0 Å². The minimum Gasteiger partial charge on any atom is -0.486 e. The standard InChI is InChI=1S/C28H41NO3/c1-4-10-23(2)11-8-9-14-28(30)31-22-20-24-15-17-26(18-16-24)32-27(19-21-29-3)25-12-6-5-7-13-25/h5-7,12-13,15-18,23,27,29H,4,8-11,14,19-22H2,1-3H3/t23-,27?/m0/s1. The quantitative estimate of drug-likeness (QED) is 0.240. The number of benzene rings is 2. The monoisotopic (exact) mass is 439 g/mol. The summed E-state index contributed by atoms with van der Waals surface area (Å²) in [7, 11) is 1.96. The number of hydrogen-bond donors (Lipinski definition) is 1. The van der Waals surface area contributed by atoms with Crippen LogP contribution in [0.5, 0.6) is 5.75 Å². The van der Waals surface area contributed by atoms with E-state index in [4.69, 9.17) is 9.47 Å². The Hall–Kier alpha value is -2.33. The summed E-state index contributed by atoms with van der Waals surface area (Å²) in [6.45, 7) is 5.84. The zero-order valence-corrected chi connectivity index (χ0v) is 20.1. The van der Waals surface area contributed by atoms with E-state index >= 15 is 0 Å². The molecule has 176 valence electrons. The Balaban J connectivity index is 1.71. The molecule has 0 aliphatic carbocycles. The molecule has 1 N–H and O–H groups in total. The van der Waals surface area contributed by atoms with Crippen LogP contribution in [0, 0.1) is 5.92 Å². The van der Waals surface area contributed by atoms with Crippen LogP contribution in [-0.2, 0) is 16.0 Å². The number of hydrogen-bond acceptors (Lipinski definition) is 4. The normalized spacial score (nSPS) is 12.8. The molecular weight excluding hydrogens is 398 g/mol. The van der Waals surface area contributed by atoms with Crippen LogP contribution in [0.4, 0.5) is 0 Å². The average Bonchev–Trinajstić information content (AvgIpc) is 2.81. The molecule has 1 unspecified atom stereocenters. The molecule has 0 fully saturated rings. The third-order valence-electron chi connectivity index (χ3n) is 5.79. The van der Waals surface area contributed by atoms with Crippen molar-refractivity contribution in [2.75, 3.05) is 20.2 Å². The second-order valence-electron chi connectivity index (χ2n) is 8.66. The van der Waals surface area contributed by atoms with Crippen LogP contribution in [0.3, 0.4) is 0 Å². The highest BCUT2D eigenvalue weighted by Gasteiger charge is 2.13. The van der Waals surface area contributed by atoms with Gasteiger partial charge < -0.3 is 14.8 Å². The molecular formula is C28H41NO3. The molecule has 2 atom stereocenters. The van der Waals surface area contributed by atoms with Gasteiger partial charge in [0.1, 0.15) is 11.9 Å². The van der Waals surface area contributed by atoms with E-state index in [1.54, 1.807) is 0 Å². The number of unbranched alkanes of at least 4 members (excludes halogenated alkanes) is 1. The Labute approximate surface area is 194 Å². The van der Waals surface area contributed by atoms with Gasteiger partial charge in [0.25, 0.3) is 0 Å². The van der Waals surface area contributed by atoms with Gasteiger partial charge in [0.2, 0.25) is 0 Å². The largest absolute Gasteiger partial charge is 0.486 e. The van der Waals surface area contributed by atoms with Gasteiger partial charge in [-0.15, -0.1) is 0 Å². The highest BCUT2D eigenvalue weighted by atomic mass is 16.5. The van der Waals surface area contributed by atoms with Crippen molar-refractivity contribution in [1.29, 1.82) is 0 Å². The van der Waals surface area contributed by atoms with Gasteiger partial charge in [-0.2, -0.15) is 0 Å². The van der Waals surface area contributed by atoms with Crippen molar-refractivity contribution in [2.24, 2.45) is 5.92 Å². The maximum absolute atomic E-state index is 12.0. The van der Waals surface area contributed by atoms with Gasteiger partial charge in [0, 0.05) is 19.3 Å². The summed E-state index contributed by atoms with van der Waals surface area (Å²) in [6, 6.07) is 18.4. The van der Waals surface area contributed by atoms with Crippen LogP contribution in [0.25, 0.3) is 0 Å². The minimum atomic E-state index is -0.0802. The number of nitrogens with one attached hydrogen (secondary N) is 1. The van der Waals surface area contributed by atoms with Crippen LogP contribution >= 0.6 is 0 Å². The summed E-state index contributed by atoms with van der Waals surface area (Å²) in [5, 5.41) is 3.20. The van der Waals surface area contributed by atoms with Gasteiger partial charge in [-0.1, -0.05) is 82.0 Å². The van der Waals surface area contributed by atoms with Gasteiger partial charge in [0.05, 0.1) is 6.61 Å². The molecule has 4 nitrogen and oxygen atoms in total. The van der Waals surface area contributed by atoms with E-state index in [2.05, 4.69) is 43.4 Å². The van der Waals surface area contributed by atoms with Crippen molar-refractivity contribution in [1.82, 2.24) is 5.32 Å². The van der Waals surface area contributed by atoms with Gasteiger partial charge in [-0.05, 0) is 49.2 Å². The maximum Gasteiger partial charge on any atom is 0.305 e. The van der Waals surface area contributed by atoms with E-state index in [0.29, 0.717) is 13.0 Å². The van der Waals surface area contributed by atoms with Crippen LogP contribution in [0.1, 0.15) is 76.0 Å². The minimum absolute atomic E-state index is 0.0143. The summed E-state index contributed by atoms with van der Waals surface area (Å²) in [5.74, 6) is 1.53. The fraction of sp³-hybridized carbons (Fsp3) is 0.536. The van der Waals surface area contributed by atoms with Crippen molar-refractivity contribution < 1.29 is 14.3 Å². The molecule has 0 saturated heterocycles. The lowest BCUT2D eigenvalue weighted by Crippen LogP contribution is -2.16. The fourth-order valence-corrected chi connectivity index (χ4v) is 3.89. The first-order chi connectivity index (χ1) is 15.6. The first kappa shape index (κ1) is 25.9. The number of carbonyl (C=O) groups excluding carboxylic acids is 1. The van der Waals surface area contributed by atoms with Crippen LogP contribution in [-0.4, -0.2) is 26.2 Å². The maximum atomic E-state index is 12.0. The molecule has 0 bridgehead atoms. The molecule has 0 spiro atoms. The summed E-state index contributed by atoms with van der Waals surface area (Å²) in [4.78, 5) is 12.0. The SMILES string of the molecule is CCC[C@H](C)CCCCC(=O)OCCc1ccc(OC(CCNC)c2ccccc2)cc1. The summed E-state index contributed by atoms with van der Waals surface area (Å²) >= 11 is 0. The third kappa shape index (κ3) is 10.3. The lowest BCUT2D eigenvalue weighted by atomic mass is 9.99. The molecule has 0 aliphatic heterocycles. The van der Waals surface area contributed by atoms with E-state index in [1.807, 2.05) is 37.4 Å². The highest BCUT2D eigenvalue weighted by Crippen LogP contribution is 2.25. The predicted molar refractivity (Wildman–Crippen MR) is 132 cm³/mol. The van der Waals surface area contributed by atoms with Gasteiger partial charge >= 0.3 is 5.97 Å². The predicted octanol–water partition coefficient (Wildman–Crippen LogP) is 6.50.